The number of carbonyl (C=O) groups is 2. The number of aliphatic carboxylic acids is 1. The van der Waals surface area contributed by atoms with Gasteiger partial charge in [0.1, 0.15) is 0 Å². The molecule has 0 heterocycles. The molecule has 1 fully saturated rings. The summed E-state index contributed by atoms with van der Waals surface area (Å²) in [6.45, 7) is 6.10. The molecule has 0 aromatic carbocycles. The van der Waals surface area contributed by atoms with Gasteiger partial charge in [0.05, 0.1) is 11.8 Å². The topological polar surface area (TPSA) is 75.6 Å². The lowest BCUT2D eigenvalue weighted by Gasteiger charge is -2.15. The van der Waals surface area contributed by atoms with Gasteiger partial charge in [-0.3, -0.25) is 9.59 Å². The number of hydrogen-bond acceptors (Lipinski definition) is 3. The minimum atomic E-state index is -0.849. The van der Waals surface area contributed by atoms with Crippen molar-refractivity contribution in [1.82, 2.24) is 5.32 Å². The van der Waals surface area contributed by atoms with E-state index in [1.807, 2.05) is 0 Å². The molecule has 1 aliphatic rings. The monoisotopic (exact) mass is 271 g/mol. The SMILES string of the molecule is CC(C)COCCCNC(=O)[C@@H]1CCC[C@@H]1C(=O)O. The largest absolute Gasteiger partial charge is 0.481 e. The molecule has 0 aliphatic heterocycles. The number of ether oxygens (including phenoxy) is 1. The van der Waals surface area contributed by atoms with Gasteiger partial charge in [-0.05, 0) is 25.2 Å². The first-order valence-corrected chi connectivity index (χ1v) is 7.10. The highest BCUT2D eigenvalue weighted by Crippen LogP contribution is 2.31. The van der Waals surface area contributed by atoms with E-state index in [-0.39, 0.29) is 11.8 Å². The highest BCUT2D eigenvalue weighted by molar-refractivity contribution is 5.85. The molecule has 0 bridgehead atoms. The zero-order chi connectivity index (χ0) is 14.3. The van der Waals surface area contributed by atoms with Crippen molar-refractivity contribution in [1.29, 1.82) is 0 Å². The first-order chi connectivity index (χ1) is 9.02. The number of carboxylic acid groups (broad SMARTS) is 1. The minimum Gasteiger partial charge on any atom is -0.481 e. The van der Waals surface area contributed by atoms with Crippen molar-refractivity contribution >= 4 is 11.9 Å². The van der Waals surface area contributed by atoms with Crippen LogP contribution < -0.4 is 5.32 Å². The van der Waals surface area contributed by atoms with Crippen LogP contribution in [0.2, 0.25) is 0 Å². The Morgan fingerprint density at radius 2 is 2.00 bits per heavy atom. The van der Waals surface area contributed by atoms with Crippen LogP contribution in [0.25, 0.3) is 0 Å². The van der Waals surface area contributed by atoms with Gasteiger partial charge in [-0.2, -0.15) is 0 Å². The first kappa shape index (κ1) is 16.0. The molecule has 0 saturated heterocycles. The minimum absolute atomic E-state index is 0.117. The second kappa shape index (κ2) is 8.15. The first-order valence-electron chi connectivity index (χ1n) is 7.10. The summed E-state index contributed by atoms with van der Waals surface area (Å²) < 4.78 is 5.42. The number of hydrogen-bond donors (Lipinski definition) is 2. The Morgan fingerprint density at radius 1 is 1.32 bits per heavy atom. The van der Waals surface area contributed by atoms with Crippen molar-refractivity contribution in [3.63, 3.8) is 0 Å². The molecule has 5 heteroatoms. The molecule has 1 saturated carbocycles. The van der Waals surface area contributed by atoms with E-state index in [2.05, 4.69) is 19.2 Å². The summed E-state index contributed by atoms with van der Waals surface area (Å²) >= 11 is 0. The summed E-state index contributed by atoms with van der Waals surface area (Å²) in [4.78, 5) is 22.9. The molecule has 1 amide bonds. The lowest BCUT2D eigenvalue weighted by atomic mass is 9.95. The molecule has 0 spiro atoms. The maximum Gasteiger partial charge on any atom is 0.307 e. The van der Waals surface area contributed by atoms with Crippen molar-refractivity contribution in [2.24, 2.45) is 17.8 Å². The van der Waals surface area contributed by atoms with Gasteiger partial charge in [0.25, 0.3) is 0 Å². The highest BCUT2D eigenvalue weighted by Gasteiger charge is 2.37. The Bertz CT molecular complexity index is 304. The Kier molecular flexibility index (Phi) is 6.84. The maximum atomic E-state index is 11.9. The van der Waals surface area contributed by atoms with Gasteiger partial charge in [-0.25, -0.2) is 0 Å². The fraction of sp³-hybridized carbons (Fsp3) is 0.857. The molecule has 19 heavy (non-hydrogen) atoms. The van der Waals surface area contributed by atoms with Crippen LogP contribution in [0, 0.1) is 17.8 Å². The summed E-state index contributed by atoms with van der Waals surface area (Å²) in [6, 6.07) is 0. The fourth-order valence-electron chi connectivity index (χ4n) is 2.41. The standard InChI is InChI=1S/C14H25NO4/c1-10(2)9-19-8-4-7-15-13(16)11-5-3-6-12(11)14(17)18/h10-12H,3-9H2,1-2H3,(H,15,16)(H,17,18)/t11-,12+/m1/s1. The van der Waals surface area contributed by atoms with E-state index in [1.54, 1.807) is 0 Å². The number of carboxylic acids is 1. The van der Waals surface area contributed by atoms with E-state index in [9.17, 15) is 9.59 Å². The zero-order valence-electron chi connectivity index (χ0n) is 11.9. The lowest BCUT2D eigenvalue weighted by molar-refractivity contribution is -0.146. The molecule has 0 aromatic rings. The molecule has 0 radical (unpaired) electrons. The van der Waals surface area contributed by atoms with E-state index in [4.69, 9.17) is 9.84 Å². The Morgan fingerprint density at radius 3 is 2.63 bits per heavy atom. The molecule has 110 valence electrons. The van der Waals surface area contributed by atoms with E-state index in [1.165, 1.54) is 0 Å². The number of carbonyl (C=O) groups excluding carboxylic acids is 1. The van der Waals surface area contributed by atoms with Gasteiger partial charge in [-0.1, -0.05) is 20.3 Å². The molecular weight excluding hydrogens is 246 g/mol. The van der Waals surface area contributed by atoms with Crippen molar-refractivity contribution in [3.8, 4) is 0 Å². The summed E-state index contributed by atoms with van der Waals surface area (Å²) in [5, 5.41) is 11.8. The van der Waals surface area contributed by atoms with Crippen LogP contribution in [0.1, 0.15) is 39.5 Å². The molecular formula is C14H25NO4. The Hall–Kier alpha value is -1.10. The van der Waals surface area contributed by atoms with Crippen molar-refractivity contribution in [3.05, 3.63) is 0 Å². The van der Waals surface area contributed by atoms with Crippen LogP contribution in [-0.4, -0.2) is 36.7 Å². The van der Waals surface area contributed by atoms with Gasteiger partial charge in [0.2, 0.25) is 5.91 Å². The van der Waals surface area contributed by atoms with E-state index >= 15 is 0 Å². The molecule has 2 N–H and O–H groups in total. The van der Waals surface area contributed by atoms with E-state index in [0.29, 0.717) is 31.9 Å². The quantitative estimate of drug-likeness (QED) is 0.658. The predicted molar refractivity (Wildman–Crippen MR) is 71.8 cm³/mol. The summed E-state index contributed by atoms with van der Waals surface area (Å²) in [6.07, 6.45) is 2.90. The Balaban J connectivity index is 2.15. The number of amides is 1. The van der Waals surface area contributed by atoms with E-state index < -0.39 is 11.9 Å². The van der Waals surface area contributed by atoms with Crippen LogP contribution in [0.4, 0.5) is 0 Å². The third-order valence-corrected chi connectivity index (χ3v) is 3.39. The highest BCUT2D eigenvalue weighted by atomic mass is 16.5. The maximum absolute atomic E-state index is 11.9. The third kappa shape index (κ3) is 5.59. The van der Waals surface area contributed by atoms with Gasteiger partial charge < -0.3 is 15.2 Å². The normalized spacial score (nSPS) is 22.7. The number of nitrogens with one attached hydrogen (secondary N) is 1. The van der Waals surface area contributed by atoms with Crippen molar-refractivity contribution in [2.45, 2.75) is 39.5 Å². The van der Waals surface area contributed by atoms with Crippen LogP contribution >= 0.6 is 0 Å². The smallest absolute Gasteiger partial charge is 0.307 e. The van der Waals surface area contributed by atoms with Crippen molar-refractivity contribution < 1.29 is 19.4 Å². The average molecular weight is 271 g/mol. The third-order valence-electron chi connectivity index (χ3n) is 3.39. The van der Waals surface area contributed by atoms with Gasteiger partial charge in [0.15, 0.2) is 0 Å². The van der Waals surface area contributed by atoms with E-state index in [0.717, 1.165) is 19.4 Å². The van der Waals surface area contributed by atoms with Crippen LogP contribution in [0.15, 0.2) is 0 Å². The molecule has 5 nitrogen and oxygen atoms in total. The molecule has 1 aliphatic carbocycles. The number of rotatable bonds is 8. The van der Waals surface area contributed by atoms with Gasteiger partial charge in [-0.15, -0.1) is 0 Å². The molecule has 2 atom stereocenters. The van der Waals surface area contributed by atoms with Crippen LogP contribution in [-0.2, 0) is 14.3 Å². The van der Waals surface area contributed by atoms with Gasteiger partial charge >= 0.3 is 5.97 Å². The molecule has 0 aromatic heterocycles. The fourth-order valence-corrected chi connectivity index (χ4v) is 2.41. The molecule has 1 rings (SSSR count). The summed E-state index contributed by atoms with van der Waals surface area (Å²) in [5.74, 6) is -1.30. The lowest BCUT2D eigenvalue weighted by Crippen LogP contribution is -2.36. The zero-order valence-corrected chi connectivity index (χ0v) is 11.9. The van der Waals surface area contributed by atoms with Crippen LogP contribution in [0.5, 0.6) is 0 Å². The Labute approximate surface area is 114 Å². The molecule has 0 unspecified atom stereocenters. The van der Waals surface area contributed by atoms with Crippen LogP contribution in [0.3, 0.4) is 0 Å². The summed E-state index contributed by atoms with van der Waals surface area (Å²) in [7, 11) is 0. The predicted octanol–water partition coefficient (Wildman–Crippen LogP) is 1.67. The second-order valence-corrected chi connectivity index (χ2v) is 5.60. The van der Waals surface area contributed by atoms with Crippen molar-refractivity contribution in [2.75, 3.05) is 19.8 Å². The average Bonchev–Trinajstić information content (AvgIpc) is 2.82. The van der Waals surface area contributed by atoms with Gasteiger partial charge in [0, 0.05) is 19.8 Å². The second-order valence-electron chi connectivity index (χ2n) is 5.60. The summed E-state index contributed by atoms with van der Waals surface area (Å²) in [5.41, 5.74) is 0.